The van der Waals surface area contributed by atoms with Crippen molar-refractivity contribution in [1.82, 2.24) is 4.90 Å². The topological polar surface area (TPSA) is 38.5 Å². The van der Waals surface area contributed by atoms with Gasteiger partial charge in [0.2, 0.25) is 0 Å². The van der Waals surface area contributed by atoms with E-state index in [-0.39, 0.29) is 0 Å². The van der Waals surface area contributed by atoms with E-state index in [9.17, 15) is 0 Å². The summed E-state index contributed by atoms with van der Waals surface area (Å²) in [6.45, 7) is 6.67. The molecule has 0 saturated heterocycles. The van der Waals surface area contributed by atoms with E-state index in [2.05, 4.69) is 24.8 Å². The summed E-state index contributed by atoms with van der Waals surface area (Å²) in [5.74, 6) is 1.76. The summed E-state index contributed by atoms with van der Waals surface area (Å²) in [5, 5.41) is 0. The van der Waals surface area contributed by atoms with E-state index >= 15 is 0 Å². The molecule has 1 aliphatic carbocycles. The van der Waals surface area contributed by atoms with E-state index in [1.54, 1.807) is 7.11 Å². The summed E-state index contributed by atoms with van der Waals surface area (Å²) in [6, 6.07) is 6.56. The zero-order valence-electron chi connectivity index (χ0n) is 11.6. The molecule has 0 amide bonds. The third-order valence-corrected chi connectivity index (χ3v) is 3.53. The molecule has 100 valence electrons. The number of ether oxygens (including phenoxy) is 1. The van der Waals surface area contributed by atoms with Crippen LogP contribution in [0.5, 0.6) is 5.75 Å². The number of hydrogen-bond donors (Lipinski definition) is 1. The van der Waals surface area contributed by atoms with Crippen molar-refractivity contribution in [2.75, 3.05) is 19.4 Å². The van der Waals surface area contributed by atoms with Crippen molar-refractivity contribution in [3.63, 3.8) is 0 Å². The van der Waals surface area contributed by atoms with Crippen LogP contribution in [0.25, 0.3) is 0 Å². The normalized spacial score (nSPS) is 15.4. The van der Waals surface area contributed by atoms with Gasteiger partial charge < -0.3 is 10.5 Å². The Morgan fingerprint density at radius 2 is 2.06 bits per heavy atom. The molecule has 0 radical (unpaired) electrons. The maximum Gasteiger partial charge on any atom is 0.121 e. The monoisotopic (exact) mass is 248 g/mol. The molecule has 2 N–H and O–H groups in total. The van der Waals surface area contributed by atoms with Crippen LogP contribution in [0.1, 0.15) is 32.3 Å². The maximum absolute atomic E-state index is 5.90. The smallest absolute Gasteiger partial charge is 0.121 e. The third-order valence-electron chi connectivity index (χ3n) is 3.53. The third kappa shape index (κ3) is 3.64. The lowest BCUT2D eigenvalue weighted by atomic mass is 10.1. The van der Waals surface area contributed by atoms with Gasteiger partial charge in [0, 0.05) is 30.9 Å². The second kappa shape index (κ2) is 5.61. The fourth-order valence-electron chi connectivity index (χ4n) is 2.22. The van der Waals surface area contributed by atoms with Crippen molar-refractivity contribution in [3.05, 3.63) is 23.8 Å². The summed E-state index contributed by atoms with van der Waals surface area (Å²) in [4.78, 5) is 2.52. The van der Waals surface area contributed by atoms with Crippen LogP contribution in [0.3, 0.4) is 0 Å². The van der Waals surface area contributed by atoms with Crippen LogP contribution < -0.4 is 10.5 Å². The number of anilines is 1. The second-order valence-electron chi connectivity index (χ2n) is 5.58. The van der Waals surface area contributed by atoms with Gasteiger partial charge in [0.05, 0.1) is 7.11 Å². The molecule has 0 aliphatic heterocycles. The summed E-state index contributed by atoms with van der Waals surface area (Å²) < 4.78 is 5.27. The van der Waals surface area contributed by atoms with Gasteiger partial charge in [-0.3, -0.25) is 4.90 Å². The molecular weight excluding hydrogens is 224 g/mol. The van der Waals surface area contributed by atoms with Gasteiger partial charge in [-0.2, -0.15) is 0 Å². The minimum absolute atomic E-state index is 0.568. The van der Waals surface area contributed by atoms with Gasteiger partial charge in [-0.05, 0) is 50.3 Å². The Hall–Kier alpha value is -1.22. The second-order valence-corrected chi connectivity index (χ2v) is 5.58. The molecule has 1 saturated carbocycles. The highest BCUT2D eigenvalue weighted by Gasteiger charge is 2.25. The lowest BCUT2D eigenvalue weighted by molar-refractivity contribution is 0.203. The molecule has 1 fully saturated rings. The average molecular weight is 248 g/mol. The molecule has 18 heavy (non-hydrogen) atoms. The molecule has 1 aliphatic rings. The minimum Gasteiger partial charge on any atom is -0.497 e. The number of hydrogen-bond acceptors (Lipinski definition) is 3. The highest BCUT2D eigenvalue weighted by Crippen LogP contribution is 2.31. The fraction of sp³-hybridized carbons (Fsp3) is 0.600. The summed E-state index contributed by atoms with van der Waals surface area (Å²) in [7, 11) is 1.68. The summed E-state index contributed by atoms with van der Waals surface area (Å²) >= 11 is 0. The zero-order valence-corrected chi connectivity index (χ0v) is 11.6. The van der Waals surface area contributed by atoms with Crippen molar-refractivity contribution >= 4 is 5.69 Å². The first-order valence-electron chi connectivity index (χ1n) is 6.76. The quantitative estimate of drug-likeness (QED) is 0.787. The molecule has 0 unspecified atom stereocenters. The summed E-state index contributed by atoms with van der Waals surface area (Å²) in [6.07, 6.45) is 2.78. The Balaban J connectivity index is 2.06. The largest absolute Gasteiger partial charge is 0.497 e. The van der Waals surface area contributed by atoms with Crippen LogP contribution in [0, 0.1) is 5.92 Å². The highest BCUT2D eigenvalue weighted by molar-refractivity contribution is 5.47. The highest BCUT2D eigenvalue weighted by atomic mass is 16.5. The molecule has 0 atom stereocenters. The molecule has 1 aromatic rings. The number of methoxy groups -OCH3 is 1. The molecule has 0 aromatic heterocycles. The first-order valence-corrected chi connectivity index (χ1v) is 6.76. The SMILES string of the molecule is COc1cc(N)cc(CN(CC2CC2)C(C)C)c1. The Morgan fingerprint density at radius 1 is 1.33 bits per heavy atom. The standard InChI is InChI=1S/C15H24N2O/c1-11(2)17(9-12-4-5-12)10-13-6-14(16)8-15(7-13)18-3/h6-8,11-12H,4-5,9-10,16H2,1-3H3. The van der Waals surface area contributed by atoms with Gasteiger partial charge in [0.1, 0.15) is 5.75 Å². The molecule has 3 heteroatoms. The molecule has 0 spiro atoms. The predicted molar refractivity (Wildman–Crippen MR) is 75.7 cm³/mol. The first kappa shape index (κ1) is 13.2. The number of nitrogens with two attached hydrogens (primary N) is 1. The first-order chi connectivity index (χ1) is 8.58. The van der Waals surface area contributed by atoms with Crippen molar-refractivity contribution in [2.24, 2.45) is 5.92 Å². The molecular formula is C15H24N2O. The van der Waals surface area contributed by atoms with E-state index in [1.807, 2.05) is 12.1 Å². The molecule has 1 aromatic carbocycles. The number of benzene rings is 1. The maximum atomic E-state index is 5.90. The van der Waals surface area contributed by atoms with Crippen LogP contribution in [0.4, 0.5) is 5.69 Å². The van der Waals surface area contributed by atoms with Crippen molar-refractivity contribution in [1.29, 1.82) is 0 Å². The van der Waals surface area contributed by atoms with Crippen molar-refractivity contribution in [3.8, 4) is 5.75 Å². The van der Waals surface area contributed by atoms with Gasteiger partial charge in [-0.25, -0.2) is 0 Å². The van der Waals surface area contributed by atoms with Gasteiger partial charge in [0.15, 0.2) is 0 Å². The predicted octanol–water partition coefficient (Wildman–Crippen LogP) is 2.90. The Labute approximate surface area is 110 Å². The van der Waals surface area contributed by atoms with Crippen LogP contribution in [-0.2, 0) is 6.54 Å². The number of nitrogens with zero attached hydrogens (tertiary/aromatic N) is 1. The van der Waals surface area contributed by atoms with Gasteiger partial charge in [-0.1, -0.05) is 0 Å². The zero-order chi connectivity index (χ0) is 13.1. The Morgan fingerprint density at radius 3 is 2.61 bits per heavy atom. The number of rotatable bonds is 6. The average Bonchev–Trinajstić information content (AvgIpc) is 3.11. The molecule has 0 bridgehead atoms. The van der Waals surface area contributed by atoms with Crippen LogP contribution in [0.15, 0.2) is 18.2 Å². The fourth-order valence-corrected chi connectivity index (χ4v) is 2.22. The number of nitrogen functional groups attached to an aromatic ring is 1. The van der Waals surface area contributed by atoms with Gasteiger partial charge in [-0.15, -0.1) is 0 Å². The van der Waals surface area contributed by atoms with E-state index in [1.165, 1.54) is 24.9 Å². The lowest BCUT2D eigenvalue weighted by Crippen LogP contribution is -2.32. The van der Waals surface area contributed by atoms with Crippen molar-refractivity contribution in [2.45, 2.75) is 39.3 Å². The Bertz CT molecular complexity index is 399. The van der Waals surface area contributed by atoms with Crippen molar-refractivity contribution < 1.29 is 4.74 Å². The van der Waals surface area contributed by atoms with E-state index in [0.29, 0.717) is 6.04 Å². The molecule has 0 heterocycles. The Kier molecular flexibility index (Phi) is 4.12. The molecule has 2 rings (SSSR count). The van der Waals surface area contributed by atoms with Crippen LogP contribution in [0.2, 0.25) is 0 Å². The van der Waals surface area contributed by atoms with E-state index < -0.39 is 0 Å². The van der Waals surface area contributed by atoms with Crippen LogP contribution >= 0.6 is 0 Å². The van der Waals surface area contributed by atoms with Gasteiger partial charge >= 0.3 is 0 Å². The summed E-state index contributed by atoms with van der Waals surface area (Å²) in [5.41, 5.74) is 7.92. The lowest BCUT2D eigenvalue weighted by Gasteiger charge is -2.26. The van der Waals surface area contributed by atoms with E-state index in [4.69, 9.17) is 10.5 Å². The molecule has 3 nitrogen and oxygen atoms in total. The van der Waals surface area contributed by atoms with Gasteiger partial charge in [0.25, 0.3) is 0 Å². The minimum atomic E-state index is 0.568. The van der Waals surface area contributed by atoms with Crippen LogP contribution in [-0.4, -0.2) is 24.6 Å². The van der Waals surface area contributed by atoms with E-state index in [0.717, 1.165) is 23.9 Å².